The molecule has 0 aliphatic carbocycles. The molecular formula is C8H4Cl2N2. The van der Waals surface area contributed by atoms with E-state index >= 15 is 0 Å². The standard InChI is InChI=1S/C8H4Cl2N2/c9-7-2-1-5-6(12-7)3-4-11-8(5)10/h1-4H. The maximum absolute atomic E-state index is 5.82. The Morgan fingerprint density at radius 1 is 1.08 bits per heavy atom. The van der Waals surface area contributed by atoms with E-state index in [9.17, 15) is 0 Å². The first-order chi connectivity index (χ1) is 5.77. The van der Waals surface area contributed by atoms with Crippen LogP contribution in [0, 0.1) is 0 Å². The van der Waals surface area contributed by atoms with E-state index in [-0.39, 0.29) is 0 Å². The van der Waals surface area contributed by atoms with Crippen LogP contribution in [0.3, 0.4) is 0 Å². The highest BCUT2D eigenvalue weighted by Gasteiger charge is 2.00. The molecule has 0 aromatic carbocycles. The predicted molar refractivity (Wildman–Crippen MR) is 49.6 cm³/mol. The fraction of sp³-hybridized carbons (Fsp3) is 0. The molecule has 0 atom stereocenters. The van der Waals surface area contributed by atoms with Gasteiger partial charge in [-0.15, -0.1) is 0 Å². The van der Waals surface area contributed by atoms with Gasteiger partial charge in [0.25, 0.3) is 0 Å². The molecule has 0 radical (unpaired) electrons. The summed E-state index contributed by atoms with van der Waals surface area (Å²) in [6, 6.07) is 5.27. The molecule has 0 fully saturated rings. The van der Waals surface area contributed by atoms with E-state index in [0.29, 0.717) is 10.3 Å². The molecule has 2 nitrogen and oxygen atoms in total. The summed E-state index contributed by atoms with van der Waals surface area (Å²) in [6.07, 6.45) is 1.61. The third kappa shape index (κ3) is 1.24. The van der Waals surface area contributed by atoms with E-state index in [0.717, 1.165) is 10.9 Å². The van der Waals surface area contributed by atoms with Gasteiger partial charge in [-0.25, -0.2) is 9.97 Å². The highest BCUT2D eigenvalue weighted by atomic mass is 35.5. The number of hydrogen-bond acceptors (Lipinski definition) is 2. The minimum Gasteiger partial charge on any atom is -0.244 e. The van der Waals surface area contributed by atoms with Crippen LogP contribution in [-0.2, 0) is 0 Å². The Kier molecular flexibility index (Phi) is 1.87. The quantitative estimate of drug-likeness (QED) is 0.609. The van der Waals surface area contributed by atoms with Crippen molar-refractivity contribution in [3.05, 3.63) is 34.7 Å². The Balaban J connectivity index is 2.86. The Hall–Kier alpha value is -0.860. The monoisotopic (exact) mass is 198 g/mol. The SMILES string of the molecule is Clc1ccc2c(Cl)nccc2n1. The molecule has 0 N–H and O–H groups in total. The predicted octanol–water partition coefficient (Wildman–Crippen LogP) is 2.94. The van der Waals surface area contributed by atoms with Gasteiger partial charge in [0.2, 0.25) is 0 Å². The maximum Gasteiger partial charge on any atom is 0.138 e. The van der Waals surface area contributed by atoms with Crippen LogP contribution in [0.25, 0.3) is 10.9 Å². The second-order valence-electron chi connectivity index (χ2n) is 2.30. The van der Waals surface area contributed by atoms with Crippen molar-refractivity contribution in [1.82, 2.24) is 9.97 Å². The molecule has 0 spiro atoms. The average Bonchev–Trinajstić information content (AvgIpc) is 2.04. The van der Waals surface area contributed by atoms with E-state index in [2.05, 4.69) is 9.97 Å². The van der Waals surface area contributed by atoms with E-state index in [1.165, 1.54) is 0 Å². The van der Waals surface area contributed by atoms with Crippen molar-refractivity contribution in [3.8, 4) is 0 Å². The van der Waals surface area contributed by atoms with Crippen LogP contribution in [0.5, 0.6) is 0 Å². The van der Waals surface area contributed by atoms with Crippen LogP contribution in [0.15, 0.2) is 24.4 Å². The third-order valence-corrected chi connectivity index (χ3v) is 2.04. The fourth-order valence-electron chi connectivity index (χ4n) is 0.994. The number of pyridine rings is 2. The van der Waals surface area contributed by atoms with Crippen LogP contribution in [0.4, 0.5) is 0 Å². The first kappa shape index (κ1) is 7.77. The lowest BCUT2D eigenvalue weighted by Gasteiger charge is -1.97. The minimum absolute atomic E-state index is 0.455. The molecule has 0 saturated carbocycles. The van der Waals surface area contributed by atoms with Gasteiger partial charge in [0, 0.05) is 11.6 Å². The van der Waals surface area contributed by atoms with Gasteiger partial charge in [0.05, 0.1) is 5.52 Å². The Bertz CT molecular complexity index is 428. The van der Waals surface area contributed by atoms with E-state index in [4.69, 9.17) is 23.2 Å². The average molecular weight is 199 g/mol. The molecule has 2 aromatic rings. The van der Waals surface area contributed by atoms with Crippen LogP contribution in [0.2, 0.25) is 10.3 Å². The highest BCUT2D eigenvalue weighted by Crippen LogP contribution is 2.20. The summed E-state index contributed by atoms with van der Waals surface area (Å²) in [7, 11) is 0. The number of aromatic nitrogens is 2. The Morgan fingerprint density at radius 3 is 2.75 bits per heavy atom. The lowest BCUT2D eigenvalue weighted by molar-refractivity contribution is 1.32. The largest absolute Gasteiger partial charge is 0.244 e. The van der Waals surface area contributed by atoms with Gasteiger partial charge in [0.1, 0.15) is 10.3 Å². The zero-order valence-electron chi connectivity index (χ0n) is 5.96. The molecule has 2 aromatic heterocycles. The number of halogens is 2. The van der Waals surface area contributed by atoms with Crippen molar-refractivity contribution in [2.75, 3.05) is 0 Å². The normalized spacial score (nSPS) is 10.5. The zero-order valence-corrected chi connectivity index (χ0v) is 7.47. The molecule has 2 rings (SSSR count). The van der Waals surface area contributed by atoms with Gasteiger partial charge in [-0.1, -0.05) is 23.2 Å². The molecule has 60 valence electrons. The van der Waals surface area contributed by atoms with E-state index < -0.39 is 0 Å². The molecular weight excluding hydrogens is 195 g/mol. The topological polar surface area (TPSA) is 25.8 Å². The van der Waals surface area contributed by atoms with Crippen molar-refractivity contribution in [3.63, 3.8) is 0 Å². The van der Waals surface area contributed by atoms with Crippen LogP contribution in [0.1, 0.15) is 0 Å². The summed E-state index contributed by atoms with van der Waals surface area (Å²) in [5.41, 5.74) is 0.766. The lowest BCUT2D eigenvalue weighted by atomic mass is 10.3. The van der Waals surface area contributed by atoms with Crippen molar-refractivity contribution in [2.45, 2.75) is 0 Å². The second-order valence-corrected chi connectivity index (χ2v) is 3.05. The van der Waals surface area contributed by atoms with E-state index in [1.54, 1.807) is 24.4 Å². The van der Waals surface area contributed by atoms with Gasteiger partial charge in [0.15, 0.2) is 0 Å². The highest BCUT2D eigenvalue weighted by molar-refractivity contribution is 6.34. The number of nitrogens with zero attached hydrogens (tertiary/aromatic N) is 2. The molecule has 0 saturated heterocycles. The van der Waals surface area contributed by atoms with Gasteiger partial charge in [-0.2, -0.15) is 0 Å². The summed E-state index contributed by atoms with van der Waals surface area (Å²) in [5.74, 6) is 0. The van der Waals surface area contributed by atoms with Gasteiger partial charge < -0.3 is 0 Å². The zero-order chi connectivity index (χ0) is 8.55. The minimum atomic E-state index is 0.455. The van der Waals surface area contributed by atoms with E-state index in [1.807, 2.05) is 0 Å². The van der Waals surface area contributed by atoms with Gasteiger partial charge in [-0.05, 0) is 18.2 Å². The molecule has 0 aliphatic heterocycles. The summed E-state index contributed by atoms with van der Waals surface area (Å²) < 4.78 is 0. The second kappa shape index (κ2) is 2.88. The lowest BCUT2D eigenvalue weighted by Crippen LogP contribution is -1.82. The van der Waals surface area contributed by atoms with Crippen molar-refractivity contribution in [1.29, 1.82) is 0 Å². The Morgan fingerprint density at radius 2 is 1.92 bits per heavy atom. The molecule has 0 aliphatic rings. The van der Waals surface area contributed by atoms with Gasteiger partial charge >= 0.3 is 0 Å². The number of hydrogen-bond donors (Lipinski definition) is 0. The molecule has 12 heavy (non-hydrogen) atoms. The fourth-order valence-corrected chi connectivity index (χ4v) is 1.36. The first-order valence-corrected chi connectivity index (χ1v) is 4.10. The van der Waals surface area contributed by atoms with Crippen LogP contribution >= 0.6 is 23.2 Å². The molecule has 0 unspecified atom stereocenters. The first-order valence-electron chi connectivity index (χ1n) is 3.34. The van der Waals surface area contributed by atoms with Crippen LogP contribution < -0.4 is 0 Å². The molecule has 0 bridgehead atoms. The summed E-state index contributed by atoms with van der Waals surface area (Å²) in [4.78, 5) is 8.00. The van der Waals surface area contributed by atoms with Gasteiger partial charge in [-0.3, -0.25) is 0 Å². The summed E-state index contributed by atoms with van der Waals surface area (Å²) in [6.45, 7) is 0. The molecule has 2 heterocycles. The molecule has 4 heteroatoms. The smallest absolute Gasteiger partial charge is 0.138 e. The molecule has 0 amide bonds. The van der Waals surface area contributed by atoms with Crippen molar-refractivity contribution in [2.24, 2.45) is 0 Å². The number of fused-ring (bicyclic) bond motifs is 1. The summed E-state index contributed by atoms with van der Waals surface area (Å²) in [5, 5.41) is 1.74. The van der Waals surface area contributed by atoms with Crippen molar-refractivity contribution >= 4 is 34.1 Å². The summed E-state index contributed by atoms with van der Waals surface area (Å²) >= 11 is 11.5. The number of rotatable bonds is 0. The van der Waals surface area contributed by atoms with Crippen molar-refractivity contribution < 1.29 is 0 Å². The maximum atomic E-state index is 5.82. The van der Waals surface area contributed by atoms with Crippen LogP contribution in [-0.4, -0.2) is 9.97 Å². The Labute approximate surface area is 79.2 Å². The third-order valence-electron chi connectivity index (χ3n) is 1.53.